The molecule has 0 atom stereocenters. The molecule has 0 radical (unpaired) electrons. The SMILES string of the molecule is Cc1cccc(OCCn2c(CCCCCNC(=O)c3ccccc3)nc3ccccc32)c1C. The number of nitrogens with zero attached hydrogens (tertiary/aromatic N) is 2. The van der Waals surface area contributed by atoms with Gasteiger partial charge in [0.2, 0.25) is 0 Å². The summed E-state index contributed by atoms with van der Waals surface area (Å²) in [6.45, 7) is 6.26. The van der Waals surface area contributed by atoms with Crippen LogP contribution in [-0.4, -0.2) is 28.6 Å². The van der Waals surface area contributed by atoms with Gasteiger partial charge in [-0.05, 0) is 68.1 Å². The molecule has 1 heterocycles. The van der Waals surface area contributed by atoms with E-state index >= 15 is 0 Å². The van der Waals surface area contributed by atoms with E-state index in [4.69, 9.17) is 9.72 Å². The summed E-state index contributed by atoms with van der Waals surface area (Å²) in [6.07, 6.45) is 3.93. The van der Waals surface area contributed by atoms with E-state index in [1.807, 2.05) is 48.5 Å². The van der Waals surface area contributed by atoms with Crippen LogP contribution in [0.15, 0.2) is 72.8 Å². The lowest BCUT2D eigenvalue weighted by Gasteiger charge is -2.13. The Morgan fingerprint density at radius 1 is 0.912 bits per heavy atom. The van der Waals surface area contributed by atoms with Gasteiger partial charge in [0.1, 0.15) is 18.2 Å². The number of ether oxygens (including phenoxy) is 1. The zero-order valence-electron chi connectivity index (χ0n) is 20.1. The molecule has 0 spiro atoms. The molecule has 5 nitrogen and oxygen atoms in total. The fraction of sp³-hybridized carbons (Fsp3) is 0.310. The van der Waals surface area contributed by atoms with E-state index < -0.39 is 0 Å². The molecule has 4 aromatic rings. The molecule has 0 saturated carbocycles. The van der Waals surface area contributed by atoms with Crippen molar-refractivity contribution in [2.24, 2.45) is 0 Å². The van der Waals surface area contributed by atoms with Gasteiger partial charge >= 0.3 is 0 Å². The first-order valence-corrected chi connectivity index (χ1v) is 12.1. The van der Waals surface area contributed by atoms with E-state index in [2.05, 4.69) is 48.0 Å². The fourth-order valence-electron chi connectivity index (χ4n) is 4.17. The van der Waals surface area contributed by atoms with Gasteiger partial charge in [0, 0.05) is 18.5 Å². The van der Waals surface area contributed by atoms with E-state index in [0.29, 0.717) is 18.7 Å². The number of rotatable bonds is 11. The van der Waals surface area contributed by atoms with Crippen LogP contribution in [0, 0.1) is 13.8 Å². The molecule has 1 aromatic heterocycles. The Labute approximate surface area is 201 Å². The average molecular weight is 456 g/mol. The van der Waals surface area contributed by atoms with E-state index in [1.165, 1.54) is 11.1 Å². The minimum absolute atomic E-state index is 0.00811. The van der Waals surface area contributed by atoms with Crippen molar-refractivity contribution in [2.45, 2.75) is 46.1 Å². The highest BCUT2D eigenvalue weighted by atomic mass is 16.5. The maximum atomic E-state index is 12.1. The normalized spacial score (nSPS) is 11.0. The standard InChI is InChI=1S/C29H33N3O2/c1-22-12-11-17-27(23(22)2)34-21-20-32-26-16-9-8-15-25(26)31-28(32)18-7-4-10-19-30-29(33)24-13-5-3-6-14-24/h3,5-6,8-9,11-17H,4,7,10,18-21H2,1-2H3,(H,30,33). The van der Waals surface area contributed by atoms with Crippen molar-refractivity contribution in [3.63, 3.8) is 0 Å². The summed E-state index contributed by atoms with van der Waals surface area (Å²) in [7, 11) is 0. The van der Waals surface area contributed by atoms with Crippen LogP contribution in [0.1, 0.15) is 46.6 Å². The lowest BCUT2D eigenvalue weighted by Crippen LogP contribution is -2.24. The topological polar surface area (TPSA) is 56.1 Å². The molecule has 0 aliphatic rings. The van der Waals surface area contributed by atoms with Gasteiger partial charge in [-0.25, -0.2) is 4.98 Å². The summed E-state index contributed by atoms with van der Waals surface area (Å²) in [6, 6.07) is 23.8. The predicted octanol–water partition coefficient (Wildman–Crippen LogP) is 5.87. The van der Waals surface area contributed by atoms with Crippen LogP contribution >= 0.6 is 0 Å². The molecule has 0 fully saturated rings. The monoisotopic (exact) mass is 455 g/mol. The van der Waals surface area contributed by atoms with Gasteiger partial charge in [-0.1, -0.05) is 48.9 Å². The van der Waals surface area contributed by atoms with Crippen molar-refractivity contribution >= 4 is 16.9 Å². The second kappa shape index (κ2) is 11.5. The number of carbonyl (C=O) groups excluding carboxylic acids is 1. The third-order valence-corrected chi connectivity index (χ3v) is 6.26. The molecule has 0 aliphatic heterocycles. The minimum atomic E-state index is -0.00811. The number of nitrogens with one attached hydrogen (secondary N) is 1. The highest BCUT2D eigenvalue weighted by Gasteiger charge is 2.11. The maximum absolute atomic E-state index is 12.1. The third kappa shape index (κ3) is 5.84. The molecule has 34 heavy (non-hydrogen) atoms. The van der Waals surface area contributed by atoms with Crippen LogP contribution in [0.4, 0.5) is 0 Å². The number of aryl methyl sites for hydroxylation is 2. The van der Waals surface area contributed by atoms with Crippen LogP contribution < -0.4 is 10.1 Å². The maximum Gasteiger partial charge on any atom is 0.251 e. The molecule has 1 N–H and O–H groups in total. The number of unbranched alkanes of at least 4 members (excludes halogenated alkanes) is 2. The fourth-order valence-corrected chi connectivity index (χ4v) is 4.17. The number of carbonyl (C=O) groups is 1. The Balaban J connectivity index is 1.29. The number of benzene rings is 3. The smallest absolute Gasteiger partial charge is 0.251 e. The van der Waals surface area contributed by atoms with Crippen LogP contribution in [0.5, 0.6) is 5.75 Å². The molecule has 3 aromatic carbocycles. The second-order valence-electron chi connectivity index (χ2n) is 8.65. The van der Waals surface area contributed by atoms with Crippen molar-refractivity contribution in [1.82, 2.24) is 14.9 Å². The lowest BCUT2D eigenvalue weighted by atomic mass is 10.1. The third-order valence-electron chi connectivity index (χ3n) is 6.26. The number of para-hydroxylation sites is 2. The largest absolute Gasteiger partial charge is 0.491 e. The highest BCUT2D eigenvalue weighted by Crippen LogP contribution is 2.22. The Hall–Kier alpha value is -3.60. The average Bonchev–Trinajstić information content (AvgIpc) is 3.21. The summed E-state index contributed by atoms with van der Waals surface area (Å²) >= 11 is 0. The van der Waals surface area contributed by atoms with Crippen LogP contribution in [0.2, 0.25) is 0 Å². The first-order valence-electron chi connectivity index (χ1n) is 12.1. The predicted molar refractivity (Wildman–Crippen MR) is 137 cm³/mol. The molecule has 1 amide bonds. The van der Waals surface area contributed by atoms with E-state index in [9.17, 15) is 4.79 Å². The van der Waals surface area contributed by atoms with Crippen LogP contribution in [0.3, 0.4) is 0 Å². The van der Waals surface area contributed by atoms with E-state index in [0.717, 1.165) is 54.8 Å². The van der Waals surface area contributed by atoms with Gasteiger partial charge in [0.25, 0.3) is 5.91 Å². The summed E-state index contributed by atoms with van der Waals surface area (Å²) in [5.74, 6) is 2.04. The van der Waals surface area contributed by atoms with Crippen molar-refractivity contribution in [3.05, 3.63) is 95.3 Å². The van der Waals surface area contributed by atoms with Crippen molar-refractivity contribution in [3.8, 4) is 5.75 Å². The summed E-state index contributed by atoms with van der Waals surface area (Å²) in [5.41, 5.74) is 5.32. The lowest BCUT2D eigenvalue weighted by molar-refractivity contribution is 0.0953. The zero-order chi connectivity index (χ0) is 23.8. The van der Waals surface area contributed by atoms with Gasteiger partial charge in [-0.2, -0.15) is 0 Å². The molecule has 5 heteroatoms. The summed E-state index contributed by atoms with van der Waals surface area (Å²) in [5, 5.41) is 3.01. The highest BCUT2D eigenvalue weighted by molar-refractivity contribution is 5.94. The van der Waals surface area contributed by atoms with Crippen molar-refractivity contribution in [2.75, 3.05) is 13.2 Å². The summed E-state index contributed by atoms with van der Waals surface area (Å²) in [4.78, 5) is 17.0. The molecular formula is C29H33N3O2. The van der Waals surface area contributed by atoms with Gasteiger partial charge in [-0.3, -0.25) is 4.79 Å². The molecule has 176 valence electrons. The van der Waals surface area contributed by atoms with Crippen LogP contribution in [0.25, 0.3) is 11.0 Å². The summed E-state index contributed by atoms with van der Waals surface area (Å²) < 4.78 is 8.41. The Morgan fingerprint density at radius 3 is 2.56 bits per heavy atom. The quantitative estimate of drug-likeness (QED) is 0.288. The molecule has 0 aliphatic carbocycles. The number of hydrogen-bond acceptors (Lipinski definition) is 3. The first kappa shape index (κ1) is 23.6. The minimum Gasteiger partial charge on any atom is -0.491 e. The number of amides is 1. The van der Waals surface area contributed by atoms with Gasteiger partial charge in [0.05, 0.1) is 17.6 Å². The number of hydrogen-bond donors (Lipinski definition) is 1. The Kier molecular flexibility index (Phi) is 7.97. The zero-order valence-corrected chi connectivity index (χ0v) is 20.1. The van der Waals surface area contributed by atoms with Crippen LogP contribution in [-0.2, 0) is 13.0 Å². The van der Waals surface area contributed by atoms with Crippen molar-refractivity contribution < 1.29 is 9.53 Å². The van der Waals surface area contributed by atoms with E-state index in [-0.39, 0.29) is 5.91 Å². The van der Waals surface area contributed by atoms with Gasteiger partial charge in [-0.15, -0.1) is 0 Å². The second-order valence-corrected chi connectivity index (χ2v) is 8.65. The molecule has 0 saturated heterocycles. The Bertz CT molecular complexity index is 1230. The van der Waals surface area contributed by atoms with E-state index in [1.54, 1.807) is 0 Å². The van der Waals surface area contributed by atoms with Gasteiger partial charge < -0.3 is 14.6 Å². The number of aromatic nitrogens is 2. The first-order chi connectivity index (χ1) is 16.6. The molecule has 4 rings (SSSR count). The Morgan fingerprint density at radius 2 is 1.71 bits per heavy atom. The van der Waals surface area contributed by atoms with Crippen molar-refractivity contribution in [1.29, 1.82) is 0 Å². The molecule has 0 unspecified atom stereocenters. The molecular weight excluding hydrogens is 422 g/mol. The number of imidazole rings is 1. The molecule has 0 bridgehead atoms. The number of fused-ring (bicyclic) bond motifs is 1. The van der Waals surface area contributed by atoms with Gasteiger partial charge in [0.15, 0.2) is 0 Å².